The molecule has 0 aliphatic heterocycles. The zero-order valence-corrected chi connectivity index (χ0v) is 16.7. The lowest BCUT2D eigenvalue weighted by atomic mass is 9.72. The predicted molar refractivity (Wildman–Crippen MR) is 117 cm³/mol. The van der Waals surface area contributed by atoms with Crippen molar-refractivity contribution in [1.82, 2.24) is 0 Å². The number of hydrogen-bond acceptors (Lipinski definition) is 0. The van der Waals surface area contributed by atoms with Crippen molar-refractivity contribution in [1.29, 1.82) is 0 Å². The van der Waals surface area contributed by atoms with Gasteiger partial charge in [-0.3, -0.25) is 0 Å². The summed E-state index contributed by atoms with van der Waals surface area (Å²) in [6.07, 6.45) is 0. The second-order valence-electron chi connectivity index (χ2n) is 6.88. The quantitative estimate of drug-likeness (QED) is 0.425. The van der Waals surface area contributed by atoms with Crippen LogP contribution in [0.2, 0.25) is 6.82 Å². The Bertz CT molecular complexity index is 1110. The van der Waals surface area contributed by atoms with Crippen LogP contribution in [0, 0.1) is 50.3 Å². The fourth-order valence-corrected chi connectivity index (χ4v) is 2.97. The van der Waals surface area contributed by atoms with Crippen molar-refractivity contribution >= 4 is 12.7 Å². The molecule has 1 radical (unpaired) electrons. The lowest BCUT2D eigenvalue weighted by molar-refractivity contribution is 0.624. The third-order valence-corrected chi connectivity index (χ3v) is 4.58. The van der Waals surface area contributed by atoms with Gasteiger partial charge in [-0.25, -0.2) is 4.39 Å². The van der Waals surface area contributed by atoms with E-state index >= 15 is 0 Å². The Morgan fingerprint density at radius 2 is 1.32 bits per heavy atom. The minimum absolute atomic E-state index is 0.351. The Hall–Kier alpha value is -3.23. The second kappa shape index (κ2) is 8.64. The van der Waals surface area contributed by atoms with Gasteiger partial charge in [-0.1, -0.05) is 65.8 Å². The summed E-state index contributed by atoms with van der Waals surface area (Å²) < 4.78 is 14.4. The van der Waals surface area contributed by atoms with Crippen LogP contribution in [-0.2, 0) is 0 Å². The van der Waals surface area contributed by atoms with Gasteiger partial charge in [0.15, 0.2) is 0 Å². The molecule has 3 aromatic carbocycles. The molecule has 0 amide bonds. The summed E-state index contributed by atoms with van der Waals surface area (Å²) in [5, 5.41) is 0. The maximum absolute atomic E-state index is 14.4. The highest BCUT2D eigenvalue weighted by Crippen LogP contribution is 2.13. The molecule has 0 unspecified atom stereocenters. The molecule has 0 aromatic heterocycles. The third kappa shape index (κ3) is 4.73. The van der Waals surface area contributed by atoms with Crippen LogP contribution in [0.5, 0.6) is 0 Å². The average molecular weight is 363 g/mol. The summed E-state index contributed by atoms with van der Waals surface area (Å²) in [6, 6.07) is 17.0. The molecular weight excluding hydrogens is 342 g/mol. The van der Waals surface area contributed by atoms with Gasteiger partial charge in [-0.15, -0.1) is 0 Å². The Kier molecular flexibility index (Phi) is 6.03. The van der Waals surface area contributed by atoms with Gasteiger partial charge in [0.05, 0.1) is 5.56 Å². The van der Waals surface area contributed by atoms with Gasteiger partial charge in [0, 0.05) is 16.7 Å². The molecule has 3 aromatic rings. The summed E-state index contributed by atoms with van der Waals surface area (Å²) in [7, 11) is 2.07. The highest BCUT2D eigenvalue weighted by atomic mass is 19.1. The first kappa shape index (κ1) is 19.5. The van der Waals surface area contributed by atoms with E-state index < -0.39 is 0 Å². The van der Waals surface area contributed by atoms with Crippen LogP contribution >= 0.6 is 0 Å². The number of benzene rings is 3. The van der Waals surface area contributed by atoms with Crippen molar-refractivity contribution in [3.8, 4) is 23.7 Å². The smallest absolute Gasteiger partial charge is 0.148 e. The van der Waals surface area contributed by atoms with E-state index in [9.17, 15) is 4.39 Å². The number of hydrogen-bond donors (Lipinski definition) is 0. The van der Waals surface area contributed by atoms with Crippen molar-refractivity contribution in [3.05, 3.63) is 99.4 Å². The summed E-state index contributed by atoms with van der Waals surface area (Å²) in [4.78, 5) is 0. The molecule has 0 nitrogen and oxygen atoms in total. The normalized spacial score (nSPS) is 9.75. The van der Waals surface area contributed by atoms with Crippen LogP contribution < -0.4 is 5.46 Å². The van der Waals surface area contributed by atoms with Gasteiger partial charge in [0.2, 0.25) is 0 Å². The van der Waals surface area contributed by atoms with Gasteiger partial charge in [-0.2, -0.15) is 0 Å². The van der Waals surface area contributed by atoms with Gasteiger partial charge in [0.25, 0.3) is 0 Å². The molecule has 28 heavy (non-hydrogen) atoms. The lowest BCUT2D eigenvalue weighted by Crippen LogP contribution is -2.12. The third-order valence-electron chi connectivity index (χ3n) is 4.58. The van der Waals surface area contributed by atoms with Crippen LogP contribution in [0.4, 0.5) is 4.39 Å². The van der Waals surface area contributed by atoms with E-state index in [1.54, 1.807) is 6.07 Å². The molecule has 0 saturated carbocycles. The molecule has 0 fully saturated rings. The van der Waals surface area contributed by atoms with E-state index in [1.807, 2.05) is 57.9 Å². The standard InChI is InChI=1S/C26H21BF/c1-18-5-7-21(8-6-18)9-12-23-13-10-22(17-26(23)28)11-14-25-19(2)15-24(27-4)16-20(25)3/h5-8,10,13,15-17H,1-4H3. The van der Waals surface area contributed by atoms with E-state index in [0.29, 0.717) is 11.1 Å². The summed E-state index contributed by atoms with van der Waals surface area (Å²) in [6.45, 7) is 8.14. The fraction of sp³-hybridized carbons (Fsp3) is 0.154. The fourth-order valence-electron chi connectivity index (χ4n) is 2.97. The van der Waals surface area contributed by atoms with E-state index in [0.717, 1.165) is 22.3 Å². The van der Waals surface area contributed by atoms with Crippen molar-refractivity contribution in [2.75, 3.05) is 0 Å². The van der Waals surface area contributed by atoms with Crippen LogP contribution in [0.15, 0.2) is 54.6 Å². The molecule has 135 valence electrons. The first-order valence-electron chi connectivity index (χ1n) is 9.27. The molecule has 0 saturated heterocycles. The van der Waals surface area contributed by atoms with E-state index in [2.05, 4.69) is 43.1 Å². The monoisotopic (exact) mass is 363 g/mol. The molecular formula is C26H21BF. The molecule has 0 aliphatic carbocycles. The second-order valence-corrected chi connectivity index (χ2v) is 6.88. The van der Waals surface area contributed by atoms with Crippen LogP contribution in [0.3, 0.4) is 0 Å². The molecule has 0 atom stereocenters. The first-order valence-corrected chi connectivity index (χ1v) is 9.27. The maximum Gasteiger partial charge on any atom is 0.148 e. The average Bonchev–Trinajstić information content (AvgIpc) is 2.67. The highest BCUT2D eigenvalue weighted by molar-refractivity contribution is 6.52. The minimum atomic E-state index is -0.351. The van der Waals surface area contributed by atoms with E-state index in [1.165, 1.54) is 17.1 Å². The lowest BCUT2D eigenvalue weighted by Gasteiger charge is -2.06. The van der Waals surface area contributed by atoms with E-state index in [-0.39, 0.29) is 5.82 Å². The minimum Gasteiger partial charge on any atom is -0.206 e. The molecule has 0 heterocycles. The Morgan fingerprint density at radius 1 is 0.714 bits per heavy atom. The van der Waals surface area contributed by atoms with Crippen molar-refractivity contribution in [2.24, 2.45) is 0 Å². The maximum atomic E-state index is 14.4. The molecule has 0 spiro atoms. The molecule has 0 bridgehead atoms. The van der Waals surface area contributed by atoms with Gasteiger partial charge >= 0.3 is 0 Å². The highest BCUT2D eigenvalue weighted by Gasteiger charge is 2.03. The first-order chi connectivity index (χ1) is 13.5. The van der Waals surface area contributed by atoms with Gasteiger partial charge < -0.3 is 0 Å². The molecule has 2 heteroatoms. The number of aryl methyl sites for hydroxylation is 3. The summed E-state index contributed by atoms with van der Waals surface area (Å²) in [5.41, 5.74) is 7.49. The Morgan fingerprint density at radius 3 is 1.93 bits per heavy atom. The van der Waals surface area contributed by atoms with Gasteiger partial charge in [0.1, 0.15) is 13.1 Å². The van der Waals surface area contributed by atoms with E-state index in [4.69, 9.17) is 0 Å². The number of rotatable bonds is 1. The zero-order valence-electron chi connectivity index (χ0n) is 16.7. The molecule has 0 N–H and O–H groups in total. The van der Waals surface area contributed by atoms with Crippen molar-refractivity contribution in [2.45, 2.75) is 27.6 Å². The van der Waals surface area contributed by atoms with Gasteiger partial charge in [-0.05, 0) is 62.2 Å². The predicted octanol–water partition coefficient (Wildman–Crippen LogP) is 4.93. The number of halogens is 1. The Labute approximate surface area is 168 Å². The topological polar surface area (TPSA) is 0 Å². The van der Waals surface area contributed by atoms with Crippen molar-refractivity contribution in [3.63, 3.8) is 0 Å². The summed E-state index contributed by atoms with van der Waals surface area (Å²) >= 11 is 0. The zero-order chi connectivity index (χ0) is 20.1. The molecule has 3 rings (SSSR count). The Balaban J connectivity index is 1.85. The van der Waals surface area contributed by atoms with Crippen LogP contribution in [-0.4, -0.2) is 7.28 Å². The van der Waals surface area contributed by atoms with Crippen LogP contribution in [0.25, 0.3) is 0 Å². The van der Waals surface area contributed by atoms with Crippen LogP contribution in [0.1, 0.15) is 38.9 Å². The summed E-state index contributed by atoms with van der Waals surface area (Å²) in [5.74, 6) is 11.8. The SMILES string of the molecule is C[B]c1cc(C)c(C#Cc2ccc(C#Cc3ccc(C)cc3)c(F)c2)c(C)c1. The van der Waals surface area contributed by atoms with Crippen molar-refractivity contribution < 1.29 is 4.39 Å². The largest absolute Gasteiger partial charge is 0.206 e. The molecule has 0 aliphatic rings.